The normalized spacial score (nSPS) is 25.5. The molecule has 0 amide bonds. The Morgan fingerprint density at radius 3 is 2.19 bits per heavy atom. The summed E-state index contributed by atoms with van der Waals surface area (Å²) in [5.74, 6) is 0.0975. The van der Waals surface area contributed by atoms with E-state index in [1.54, 1.807) is 0 Å². The van der Waals surface area contributed by atoms with Crippen LogP contribution in [0.15, 0.2) is 30.3 Å². The fourth-order valence-corrected chi connectivity index (χ4v) is 5.64. The van der Waals surface area contributed by atoms with Gasteiger partial charge in [0.25, 0.3) is 0 Å². The molecule has 0 aromatic heterocycles. The van der Waals surface area contributed by atoms with Gasteiger partial charge in [0.1, 0.15) is 5.60 Å². The van der Waals surface area contributed by atoms with Gasteiger partial charge in [-0.25, -0.2) is 5.14 Å². The van der Waals surface area contributed by atoms with E-state index in [4.69, 9.17) is 9.88 Å². The van der Waals surface area contributed by atoms with E-state index in [1.165, 1.54) is 25.3 Å². The van der Waals surface area contributed by atoms with Crippen molar-refractivity contribution < 1.29 is 22.1 Å². The first-order valence-electron chi connectivity index (χ1n) is 11.7. The third kappa shape index (κ3) is 7.83. The summed E-state index contributed by atoms with van der Waals surface area (Å²) in [6.07, 6.45) is 9.05. The summed E-state index contributed by atoms with van der Waals surface area (Å²) in [5.41, 5.74) is 0.863. The predicted octanol–water partition coefficient (Wildman–Crippen LogP) is 4.14. The van der Waals surface area contributed by atoms with Crippen LogP contribution in [-0.4, -0.2) is 51.1 Å². The molecule has 2 aliphatic carbocycles. The molecule has 0 spiro atoms. The van der Waals surface area contributed by atoms with Gasteiger partial charge in [-0.3, -0.25) is 8.98 Å². The number of likely N-dealkylation sites (N-methyl/N-ethyl adjacent to an activating group) is 1. The third-order valence-electron chi connectivity index (χ3n) is 6.74. The molecule has 7 nitrogen and oxygen atoms in total. The van der Waals surface area contributed by atoms with Crippen molar-refractivity contribution in [3.63, 3.8) is 0 Å². The number of esters is 1. The van der Waals surface area contributed by atoms with Crippen LogP contribution >= 0.6 is 0 Å². The molecule has 2 N–H and O–H groups in total. The second kappa shape index (κ2) is 12.1. The molecule has 3 unspecified atom stereocenters. The van der Waals surface area contributed by atoms with Crippen molar-refractivity contribution in [1.29, 1.82) is 0 Å². The zero-order valence-electron chi connectivity index (χ0n) is 20.0. The summed E-state index contributed by atoms with van der Waals surface area (Å²) in [6.45, 7) is 3.70. The second-order valence-electron chi connectivity index (χ2n) is 9.25. The zero-order valence-corrected chi connectivity index (χ0v) is 20.8. The molecule has 8 heteroatoms. The highest BCUT2D eigenvalue weighted by atomic mass is 32.2. The third-order valence-corrected chi connectivity index (χ3v) is 7.28. The number of nitrogens with two attached hydrogens (primary N) is 1. The summed E-state index contributed by atoms with van der Waals surface area (Å²) < 4.78 is 31.5. The fraction of sp³-hybridized carbons (Fsp3) is 0.708. The topological polar surface area (TPSA) is 98.9 Å². The molecular weight excluding hydrogens is 428 g/mol. The summed E-state index contributed by atoms with van der Waals surface area (Å²) >= 11 is 0. The van der Waals surface area contributed by atoms with Gasteiger partial charge in [-0.2, -0.15) is 8.42 Å². The number of rotatable bonds is 6. The van der Waals surface area contributed by atoms with Gasteiger partial charge in [-0.1, -0.05) is 56.0 Å². The van der Waals surface area contributed by atoms with Crippen molar-refractivity contribution in [2.75, 3.05) is 14.1 Å². The van der Waals surface area contributed by atoms with Crippen LogP contribution in [0.3, 0.4) is 0 Å². The van der Waals surface area contributed by atoms with Crippen LogP contribution in [0.1, 0.15) is 83.1 Å². The molecule has 2 saturated carbocycles. The van der Waals surface area contributed by atoms with E-state index in [0.29, 0.717) is 0 Å². The zero-order chi connectivity index (χ0) is 23.8. The molecule has 32 heavy (non-hydrogen) atoms. The van der Waals surface area contributed by atoms with E-state index in [-0.39, 0.29) is 24.0 Å². The van der Waals surface area contributed by atoms with Gasteiger partial charge in [0.2, 0.25) is 0 Å². The number of hydrogen-bond acceptors (Lipinski definition) is 6. The van der Waals surface area contributed by atoms with Crippen LogP contribution in [0.4, 0.5) is 0 Å². The quantitative estimate of drug-likeness (QED) is 0.630. The van der Waals surface area contributed by atoms with Crippen molar-refractivity contribution >= 4 is 16.3 Å². The smallest absolute Gasteiger partial charge is 0.333 e. The lowest BCUT2D eigenvalue weighted by atomic mass is 9.68. The molecule has 1 aromatic carbocycles. The van der Waals surface area contributed by atoms with Gasteiger partial charge >= 0.3 is 16.3 Å². The average molecular weight is 469 g/mol. The van der Waals surface area contributed by atoms with Gasteiger partial charge in [-0.05, 0) is 58.7 Å². The van der Waals surface area contributed by atoms with Crippen LogP contribution < -0.4 is 5.14 Å². The Labute approximate surface area is 193 Å². The van der Waals surface area contributed by atoms with Crippen molar-refractivity contribution in [2.45, 2.75) is 95.3 Å². The van der Waals surface area contributed by atoms with E-state index in [0.717, 1.165) is 44.9 Å². The van der Waals surface area contributed by atoms with Gasteiger partial charge < -0.3 is 9.64 Å². The lowest BCUT2D eigenvalue weighted by Gasteiger charge is -2.49. The molecule has 0 aliphatic heterocycles. The van der Waals surface area contributed by atoms with E-state index < -0.39 is 15.9 Å². The largest absolute Gasteiger partial charge is 0.457 e. The van der Waals surface area contributed by atoms with E-state index in [9.17, 15) is 13.2 Å². The van der Waals surface area contributed by atoms with Gasteiger partial charge in [0, 0.05) is 18.9 Å². The highest BCUT2D eigenvalue weighted by molar-refractivity contribution is 7.84. The first kappa shape index (κ1) is 26.8. The van der Waals surface area contributed by atoms with Gasteiger partial charge in [0.05, 0.1) is 6.10 Å². The van der Waals surface area contributed by atoms with Crippen LogP contribution in [0.2, 0.25) is 0 Å². The Bertz CT molecular complexity index is 809. The number of carbonyl (C=O) groups excluding carboxylic acids is 1. The minimum Gasteiger partial charge on any atom is -0.457 e. The first-order chi connectivity index (χ1) is 15.0. The summed E-state index contributed by atoms with van der Waals surface area (Å²) in [6, 6.07) is 10.7. The maximum atomic E-state index is 11.8. The SMILES string of the molecule is CC(=O)OC1(C(C)N(C)C)CCCCC1c1ccccc1.NS(=O)(=O)OC1CCCCC1. The van der Waals surface area contributed by atoms with Crippen molar-refractivity contribution in [1.82, 2.24) is 4.90 Å². The molecule has 0 heterocycles. The molecule has 0 radical (unpaired) electrons. The summed E-state index contributed by atoms with van der Waals surface area (Å²) in [5, 5.41) is 4.72. The first-order valence-corrected chi connectivity index (χ1v) is 13.1. The van der Waals surface area contributed by atoms with Crippen molar-refractivity contribution in [3.05, 3.63) is 35.9 Å². The molecule has 2 fully saturated rings. The molecular formula is C24H40N2O5S. The molecule has 3 atom stereocenters. The Balaban J connectivity index is 0.000000278. The van der Waals surface area contributed by atoms with Crippen LogP contribution in [0.25, 0.3) is 0 Å². The number of benzene rings is 1. The summed E-state index contributed by atoms with van der Waals surface area (Å²) in [7, 11) is 0.400. The highest BCUT2D eigenvalue weighted by Gasteiger charge is 2.49. The van der Waals surface area contributed by atoms with Crippen LogP contribution in [-0.2, 0) is 24.0 Å². The fourth-order valence-electron chi connectivity index (χ4n) is 5.07. The lowest BCUT2D eigenvalue weighted by molar-refractivity contribution is -0.172. The Hall–Kier alpha value is -1.48. The van der Waals surface area contributed by atoms with E-state index >= 15 is 0 Å². The van der Waals surface area contributed by atoms with Crippen molar-refractivity contribution in [2.24, 2.45) is 5.14 Å². The molecule has 1 aromatic rings. The Kier molecular flexibility index (Phi) is 10.1. The molecule has 182 valence electrons. The summed E-state index contributed by atoms with van der Waals surface area (Å²) in [4.78, 5) is 14.0. The Morgan fingerprint density at radius 2 is 1.66 bits per heavy atom. The molecule has 0 bridgehead atoms. The minimum atomic E-state index is -3.72. The van der Waals surface area contributed by atoms with Gasteiger partial charge in [-0.15, -0.1) is 0 Å². The van der Waals surface area contributed by atoms with Gasteiger partial charge in [0.15, 0.2) is 0 Å². The van der Waals surface area contributed by atoms with E-state index in [2.05, 4.69) is 54.4 Å². The monoisotopic (exact) mass is 468 g/mol. The molecule has 2 aliphatic rings. The number of carbonyl (C=O) groups is 1. The number of nitrogens with zero attached hydrogens (tertiary/aromatic N) is 1. The van der Waals surface area contributed by atoms with Crippen LogP contribution in [0.5, 0.6) is 0 Å². The lowest BCUT2D eigenvalue weighted by Crippen LogP contribution is -2.56. The number of hydrogen-bond donors (Lipinski definition) is 1. The minimum absolute atomic E-state index is 0.168. The second-order valence-corrected chi connectivity index (χ2v) is 10.4. The van der Waals surface area contributed by atoms with Crippen molar-refractivity contribution in [3.8, 4) is 0 Å². The number of ether oxygens (including phenoxy) is 1. The van der Waals surface area contributed by atoms with E-state index in [1.807, 2.05) is 6.07 Å². The maximum absolute atomic E-state index is 11.8. The standard InChI is InChI=1S/C18H27NO2.C6H13NO3S/c1-14(19(3)4)18(21-15(2)20)13-9-8-12-17(18)16-10-6-5-7-11-16;7-11(8,9)10-6-4-2-1-3-5-6/h5-7,10-11,14,17H,8-9,12-13H2,1-4H3;6H,1-5H2,(H2,7,8,9). The molecule has 0 saturated heterocycles. The highest BCUT2D eigenvalue weighted by Crippen LogP contribution is 2.46. The average Bonchev–Trinajstić information content (AvgIpc) is 2.73. The maximum Gasteiger partial charge on any atom is 0.333 e. The Morgan fingerprint density at radius 1 is 1.06 bits per heavy atom. The molecule has 3 rings (SSSR count). The van der Waals surface area contributed by atoms with Crippen LogP contribution in [0, 0.1) is 0 Å². The predicted molar refractivity (Wildman–Crippen MR) is 126 cm³/mol.